The number of nitrogens with zero attached hydrogens (tertiary/aromatic N) is 2. The van der Waals surface area contributed by atoms with Crippen LogP contribution < -0.4 is 4.74 Å². The smallest absolute Gasteiger partial charge is 0.225 e. The van der Waals surface area contributed by atoms with Crippen LogP contribution in [0.3, 0.4) is 0 Å². The number of ether oxygens (including phenoxy) is 4. The van der Waals surface area contributed by atoms with Crippen LogP contribution in [-0.4, -0.2) is 56.7 Å². The normalized spacial score (nSPS) is 10.7. The summed E-state index contributed by atoms with van der Waals surface area (Å²) < 4.78 is 20.8. The topological polar surface area (TPSA) is 62.7 Å². The molecule has 0 radical (unpaired) electrons. The van der Waals surface area contributed by atoms with E-state index in [0.717, 1.165) is 5.69 Å². The summed E-state index contributed by atoms with van der Waals surface area (Å²) in [5.74, 6) is 0.456. The lowest BCUT2D eigenvalue weighted by atomic mass is 10.4. The minimum Gasteiger partial charge on any atom is -0.475 e. The lowest BCUT2D eigenvalue weighted by Crippen LogP contribution is -2.12. The fourth-order valence-electron chi connectivity index (χ4n) is 1.25. The predicted molar refractivity (Wildman–Crippen MR) is 70.8 cm³/mol. The Bertz CT molecular complexity index is 345. The molecule has 0 bridgehead atoms. The van der Waals surface area contributed by atoms with Gasteiger partial charge in [-0.05, 0) is 18.5 Å². The van der Waals surface area contributed by atoms with E-state index >= 15 is 0 Å². The van der Waals surface area contributed by atoms with E-state index in [1.807, 2.05) is 6.92 Å². The molecule has 0 spiro atoms. The molecular weight excluding hydrogens is 272 g/mol. The van der Waals surface area contributed by atoms with E-state index in [2.05, 4.69) is 9.97 Å². The zero-order valence-corrected chi connectivity index (χ0v) is 12.0. The number of halogens is 1. The molecule has 0 saturated heterocycles. The zero-order chi connectivity index (χ0) is 13.9. The number of rotatable bonds is 10. The largest absolute Gasteiger partial charge is 0.475 e. The first-order chi connectivity index (χ1) is 9.22. The third-order valence-electron chi connectivity index (χ3n) is 2.08. The third kappa shape index (κ3) is 7.94. The summed E-state index contributed by atoms with van der Waals surface area (Å²) in [6, 6.07) is 1.72. The van der Waals surface area contributed by atoms with Gasteiger partial charge < -0.3 is 18.9 Å². The van der Waals surface area contributed by atoms with Crippen molar-refractivity contribution in [1.29, 1.82) is 0 Å². The third-order valence-corrected chi connectivity index (χ3v) is 2.25. The molecular formula is C12H19ClN2O4. The Kier molecular flexibility index (Phi) is 8.40. The van der Waals surface area contributed by atoms with Crippen molar-refractivity contribution in [1.82, 2.24) is 9.97 Å². The first-order valence-corrected chi connectivity index (χ1v) is 6.38. The van der Waals surface area contributed by atoms with Crippen LogP contribution in [-0.2, 0) is 14.2 Å². The van der Waals surface area contributed by atoms with Gasteiger partial charge in [-0.25, -0.2) is 4.98 Å². The highest BCUT2D eigenvalue weighted by molar-refractivity contribution is 6.28. The molecule has 19 heavy (non-hydrogen) atoms. The highest BCUT2D eigenvalue weighted by atomic mass is 35.5. The lowest BCUT2D eigenvalue weighted by molar-refractivity contribution is 0.0176. The van der Waals surface area contributed by atoms with E-state index in [1.165, 1.54) is 0 Å². The first kappa shape index (κ1) is 16.1. The maximum Gasteiger partial charge on any atom is 0.225 e. The van der Waals surface area contributed by atoms with Gasteiger partial charge in [-0.2, -0.15) is 4.98 Å². The van der Waals surface area contributed by atoms with Crippen LogP contribution in [0.5, 0.6) is 5.88 Å². The minimum atomic E-state index is 0.183. The summed E-state index contributed by atoms with van der Waals surface area (Å²) in [4.78, 5) is 7.88. The summed E-state index contributed by atoms with van der Waals surface area (Å²) in [6.45, 7) is 4.94. The summed E-state index contributed by atoms with van der Waals surface area (Å²) in [5, 5.41) is 0.183. The molecule has 0 unspecified atom stereocenters. The Morgan fingerprint density at radius 3 is 2.26 bits per heavy atom. The van der Waals surface area contributed by atoms with Gasteiger partial charge in [-0.1, -0.05) is 0 Å². The van der Waals surface area contributed by atoms with Gasteiger partial charge in [0, 0.05) is 18.9 Å². The van der Waals surface area contributed by atoms with Crippen molar-refractivity contribution in [2.45, 2.75) is 6.92 Å². The molecule has 0 saturated carbocycles. The number of aromatic nitrogens is 2. The fourth-order valence-corrected chi connectivity index (χ4v) is 1.46. The van der Waals surface area contributed by atoms with Crippen LogP contribution in [0.4, 0.5) is 0 Å². The Hall–Kier alpha value is -0.950. The molecule has 108 valence electrons. The molecule has 1 rings (SSSR count). The highest BCUT2D eigenvalue weighted by Crippen LogP contribution is 2.11. The minimum absolute atomic E-state index is 0.183. The van der Waals surface area contributed by atoms with Crippen LogP contribution >= 0.6 is 11.6 Å². The molecule has 0 aromatic carbocycles. The van der Waals surface area contributed by atoms with Crippen molar-refractivity contribution >= 4 is 11.6 Å². The van der Waals surface area contributed by atoms with Crippen LogP contribution in [0.15, 0.2) is 6.07 Å². The van der Waals surface area contributed by atoms with E-state index in [1.54, 1.807) is 13.2 Å². The van der Waals surface area contributed by atoms with Gasteiger partial charge in [0.2, 0.25) is 11.2 Å². The molecule has 1 aromatic rings. The molecule has 7 heteroatoms. The van der Waals surface area contributed by atoms with E-state index in [-0.39, 0.29) is 5.28 Å². The second-order valence-electron chi connectivity index (χ2n) is 3.68. The molecule has 0 aliphatic heterocycles. The first-order valence-electron chi connectivity index (χ1n) is 6.01. The number of hydrogen-bond donors (Lipinski definition) is 0. The molecule has 0 N–H and O–H groups in total. The number of aryl methyl sites for hydroxylation is 1. The lowest BCUT2D eigenvalue weighted by Gasteiger charge is -2.07. The van der Waals surface area contributed by atoms with E-state index in [9.17, 15) is 0 Å². The molecule has 6 nitrogen and oxygen atoms in total. The predicted octanol–water partition coefficient (Wildman–Crippen LogP) is 1.50. The van der Waals surface area contributed by atoms with Gasteiger partial charge >= 0.3 is 0 Å². The van der Waals surface area contributed by atoms with Crippen LogP contribution in [0, 0.1) is 6.92 Å². The van der Waals surface area contributed by atoms with Gasteiger partial charge in [-0.15, -0.1) is 0 Å². The van der Waals surface area contributed by atoms with Crippen LogP contribution in [0.25, 0.3) is 0 Å². The van der Waals surface area contributed by atoms with Gasteiger partial charge in [0.25, 0.3) is 0 Å². The second kappa shape index (κ2) is 9.91. The van der Waals surface area contributed by atoms with Gasteiger partial charge in [0.15, 0.2) is 0 Å². The van der Waals surface area contributed by atoms with Crippen LogP contribution in [0.2, 0.25) is 5.28 Å². The van der Waals surface area contributed by atoms with Crippen molar-refractivity contribution < 1.29 is 18.9 Å². The summed E-state index contributed by atoms with van der Waals surface area (Å²) in [6.07, 6.45) is 0. The fraction of sp³-hybridized carbons (Fsp3) is 0.667. The van der Waals surface area contributed by atoms with Crippen molar-refractivity contribution in [3.8, 4) is 5.88 Å². The average Bonchev–Trinajstić information content (AvgIpc) is 2.36. The van der Waals surface area contributed by atoms with Gasteiger partial charge in [0.1, 0.15) is 6.61 Å². The van der Waals surface area contributed by atoms with Gasteiger partial charge in [0.05, 0.1) is 33.0 Å². The second-order valence-corrected chi connectivity index (χ2v) is 4.02. The van der Waals surface area contributed by atoms with E-state index in [0.29, 0.717) is 45.5 Å². The Morgan fingerprint density at radius 2 is 1.63 bits per heavy atom. The Balaban J connectivity index is 2.01. The molecule has 0 aliphatic rings. The number of hydrogen-bond acceptors (Lipinski definition) is 6. The van der Waals surface area contributed by atoms with Crippen molar-refractivity contribution in [3.05, 3.63) is 17.0 Å². The molecule has 0 amide bonds. The zero-order valence-electron chi connectivity index (χ0n) is 11.2. The molecule has 0 atom stereocenters. The Labute approximate surface area is 118 Å². The van der Waals surface area contributed by atoms with Crippen LogP contribution in [0.1, 0.15) is 5.69 Å². The monoisotopic (exact) mass is 290 g/mol. The quantitative estimate of drug-likeness (QED) is 0.481. The number of methoxy groups -OCH3 is 1. The summed E-state index contributed by atoms with van der Waals surface area (Å²) >= 11 is 5.71. The SMILES string of the molecule is COCCOCCOCCOc1cc(C)nc(Cl)n1. The average molecular weight is 291 g/mol. The van der Waals surface area contributed by atoms with Crippen molar-refractivity contribution in [2.24, 2.45) is 0 Å². The molecule has 0 aliphatic carbocycles. The standard InChI is InChI=1S/C12H19ClN2O4/c1-10-9-11(15-12(13)14-10)19-8-7-18-6-5-17-4-3-16-2/h9H,3-8H2,1-2H3. The van der Waals surface area contributed by atoms with Gasteiger partial charge in [-0.3, -0.25) is 0 Å². The summed E-state index contributed by atoms with van der Waals surface area (Å²) in [5.41, 5.74) is 0.766. The highest BCUT2D eigenvalue weighted by Gasteiger charge is 2.00. The molecule has 0 fully saturated rings. The van der Waals surface area contributed by atoms with Crippen molar-refractivity contribution in [3.63, 3.8) is 0 Å². The molecule has 1 aromatic heterocycles. The summed E-state index contributed by atoms with van der Waals surface area (Å²) in [7, 11) is 1.64. The van der Waals surface area contributed by atoms with Crippen molar-refractivity contribution in [2.75, 3.05) is 46.8 Å². The van der Waals surface area contributed by atoms with E-state index < -0.39 is 0 Å². The maximum absolute atomic E-state index is 5.71. The molecule has 1 heterocycles. The Morgan fingerprint density at radius 1 is 1.00 bits per heavy atom. The maximum atomic E-state index is 5.71. The van der Waals surface area contributed by atoms with E-state index in [4.69, 9.17) is 30.5 Å².